The van der Waals surface area contributed by atoms with Gasteiger partial charge in [0.05, 0.1) is 6.61 Å². The van der Waals surface area contributed by atoms with Crippen molar-refractivity contribution in [2.75, 3.05) is 52.4 Å². The van der Waals surface area contributed by atoms with Crippen molar-refractivity contribution in [3.8, 4) is 0 Å². The average molecular weight is 297 g/mol. The summed E-state index contributed by atoms with van der Waals surface area (Å²) in [6.45, 7) is 15.6. The maximum Gasteiger partial charge on any atom is 0.0615 e. The van der Waals surface area contributed by atoms with Gasteiger partial charge in [-0.05, 0) is 59.2 Å². The molecule has 0 aromatic carbocycles. The zero-order valence-corrected chi connectivity index (χ0v) is 14.4. The Balaban J connectivity index is 1.68. The van der Waals surface area contributed by atoms with Gasteiger partial charge >= 0.3 is 0 Å². The standard InChI is InChI=1S/C17H35N3O/c1-4-17(15-21)7-5-9-20(17)10-6-8-18-11-13-19(14-12-18)16(2)3/h16,21H,4-15H2,1-3H3/t17-/m1/s1. The largest absolute Gasteiger partial charge is 0.394 e. The molecule has 0 aromatic heterocycles. The van der Waals surface area contributed by atoms with Crippen LogP contribution in [0.2, 0.25) is 0 Å². The summed E-state index contributed by atoms with van der Waals surface area (Å²) in [6, 6.07) is 0.687. The first-order valence-corrected chi connectivity index (χ1v) is 8.93. The Hall–Kier alpha value is -0.160. The molecule has 2 heterocycles. The molecule has 21 heavy (non-hydrogen) atoms. The Morgan fingerprint density at radius 3 is 2.33 bits per heavy atom. The molecule has 2 fully saturated rings. The Labute approximate surface area is 131 Å². The SMILES string of the molecule is CC[C@]1(CO)CCCN1CCCN1CCN(C(C)C)CC1. The van der Waals surface area contributed by atoms with Gasteiger partial charge in [0.2, 0.25) is 0 Å². The third kappa shape index (κ3) is 4.19. The molecule has 0 radical (unpaired) electrons. The van der Waals surface area contributed by atoms with Crippen LogP contribution in [0.4, 0.5) is 0 Å². The molecule has 4 heteroatoms. The first-order chi connectivity index (χ1) is 10.1. The number of hydrogen-bond acceptors (Lipinski definition) is 4. The lowest BCUT2D eigenvalue weighted by atomic mass is 9.94. The van der Waals surface area contributed by atoms with E-state index in [1.807, 2.05) is 0 Å². The van der Waals surface area contributed by atoms with Gasteiger partial charge in [0.1, 0.15) is 0 Å². The fraction of sp³-hybridized carbons (Fsp3) is 1.00. The minimum atomic E-state index is 0.0936. The Morgan fingerprint density at radius 1 is 1.05 bits per heavy atom. The fourth-order valence-corrected chi connectivity index (χ4v) is 4.02. The van der Waals surface area contributed by atoms with Crippen molar-refractivity contribution in [3.05, 3.63) is 0 Å². The molecular weight excluding hydrogens is 262 g/mol. The number of likely N-dealkylation sites (tertiary alicyclic amines) is 1. The minimum Gasteiger partial charge on any atom is -0.394 e. The molecule has 4 nitrogen and oxygen atoms in total. The summed E-state index contributed by atoms with van der Waals surface area (Å²) in [6.07, 6.45) is 4.74. The predicted molar refractivity (Wildman–Crippen MR) is 88.7 cm³/mol. The van der Waals surface area contributed by atoms with Gasteiger partial charge in [0.15, 0.2) is 0 Å². The van der Waals surface area contributed by atoms with Crippen molar-refractivity contribution in [1.29, 1.82) is 0 Å². The molecule has 0 unspecified atom stereocenters. The highest BCUT2D eigenvalue weighted by molar-refractivity contribution is 4.94. The first kappa shape index (κ1) is 17.2. The Kier molecular flexibility index (Phi) is 6.48. The topological polar surface area (TPSA) is 30.0 Å². The number of nitrogens with zero attached hydrogens (tertiary/aromatic N) is 3. The number of piperazine rings is 1. The summed E-state index contributed by atoms with van der Waals surface area (Å²) in [5.74, 6) is 0. The molecule has 0 aliphatic carbocycles. The maximum absolute atomic E-state index is 9.76. The van der Waals surface area contributed by atoms with Crippen LogP contribution in [-0.4, -0.2) is 83.8 Å². The lowest BCUT2D eigenvalue weighted by molar-refractivity contribution is 0.0537. The predicted octanol–water partition coefficient (Wildman–Crippen LogP) is 1.64. The van der Waals surface area contributed by atoms with Gasteiger partial charge in [-0.1, -0.05) is 6.92 Å². The van der Waals surface area contributed by atoms with E-state index in [1.165, 1.54) is 58.5 Å². The van der Waals surface area contributed by atoms with E-state index in [0.717, 1.165) is 13.0 Å². The van der Waals surface area contributed by atoms with Crippen molar-refractivity contribution < 1.29 is 5.11 Å². The number of aliphatic hydroxyl groups is 1. The molecule has 0 amide bonds. The van der Waals surface area contributed by atoms with E-state index in [2.05, 4.69) is 35.5 Å². The van der Waals surface area contributed by atoms with Crippen LogP contribution in [0.15, 0.2) is 0 Å². The van der Waals surface area contributed by atoms with Crippen molar-refractivity contribution in [2.24, 2.45) is 0 Å². The molecule has 1 N–H and O–H groups in total. The van der Waals surface area contributed by atoms with Crippen LogP contribution < -0.4 is 0 Å². The van der Waals surface area contributed by atoms with Crippen molar-refractivity contribution >= 4 is 0 Å². The molecule has 0 bridgehead atoms. The van der Waals surface area contributed by atoms with Crippen LogP contribution in [0, 0.1) is 0 Å². The normalized spacial score (nSPS) is 29.6. The fourth-order valence-electron chi connectivity index (χ4n) is 4.02. The first-order valence-electron chi connectivity index (χ1n) is 8.93. The molecule has 124 valence electrons. The summed E-state index contributed by atoms with van der Waals surface area (Å²) in [5.41, 5.74) is 0.0936. The molecule has 0 aromatic rings. The summed E-state index contributed by atoms with van der Waals surface area (Å²) >= 11 is 0. The molecular formula is C17H35N3O. The van der Waals surface area contributed by atoms with Gasteiger partial charge in [0.25, 0.3) is 0 Å². The van der Waals surface area contributed by atoms with Gasteiger partial charge in [-0.3, -0.25) is 9.80 Å². The van der Waals surface area contributed by atoms with Crippen LogP contribution in [0.5, 0.6) is 0 Å². The second kappa shape index (κ2) is 7.91. The van der Waals surface area contributed by atoms with Gasteiger partial charge in [-0.2, -0.15) is 0 Å². The monoisotopic (exact) mass is 297 g/mol. The highest BCUT2D eigenvalue weighted by Gasteiger charge is 2.38. The molecule has 2 rings (SSSR count). The van der Waals surface area contributed by atoms with E-state index in [4.69, 9.17) is 0 Å². The molecule has 2 aliphatic heterocycles. The van der Waals surface area contributed by atoms with E-state index in [9.17, 15) is 5.11 Å². The molecule has 2 aliphatic rings. The average Bonchev–Trinajstić information content (AvgIpc) is 2.91. The zero-order chi connectivity index (χ0) is 15.3. The van der Waals surface area contributed by atoms with E-state index >= 15 is 0 Å². The van der Waals surface area contributed by atoms with Crippen molar-refractivity contribution in [2.45, 2.75) is 58.0 Å². The Bertz CT molecular complexity index is 296. The number of rotatable bonds is 7. The second-order valence-electron chi connectivity index (χ2n) is 7.15. The summed E-state index contributed by atoms with van der Waals surface area (Å²) < 4.78 is 0. The van der Waals surface area contributed by atoms with Crippen LogP contribution >= 0.6 is 0 Å². The maximum atomic E-state index is 9.76. The van der Waals surface area contributed by atoms with Gasteiger partial charge in [0, 0.05) is 37.8 Å². The molecule has 2 saturated heterocycles. The third-order valence-electron chi connectivity index (χ3n) is 5.73. The third-order valence-corrected chi connectivity index (χ3v) is 5.73. The van der Waals surface area contributed by atoms with Crippen LogP contribution in [-0.2, 0) is 0 Å². The van der Waals surface area contributed by atoms with Crippen LogP contribution in [0.25, 0.3) is 0 Å². The summed E-state index contributed by atoms with van der Waals surface area (Å²) in [5, 5.41) is 9.76. The highest BCUT2D eigenvalue weighted by Crippen LogP contribution is 2.31. The molecule has 1 atom stereocenters. The zero-order valence-electron chi connectivity index (χ0n) is 14.4. The molecule has 0 spiro atoms. The van der Waals surface area contributed by atoms with E-state index < -0.39 is 0 Å². The van der Waals surface area contributed by atoms with Gasteiger partial charge in [-0.15, -0.1) is 0 Å². The number of hydrogen-bond donors (Lipinski definition) is 1. The van der Waals surface area contributed by atoms with Crippen LogP contribution in [0.1, 0.15) is 46.5 Å². The van der Waals surface area contributed by atoms with Crippen LogP contribution in [0.3, 0.4) is 0 Å². The lowest BCUT2D eigenvalue weighted by Crippen LogP contribution is -2.50. The molecule has 0 saturated carbocycles. The quantitative estimate of drug-likeness (QED) is 0.774. The van der Waals surface area contributed by atoms with E-state index in [0.29, 0.717) is 12.6 Å². The highest BCUT2D eigenvalue weighted by atomic mass is 16.3. The van der Waals surface area contributed by atoms with Gasteiger partial charge in [-0.25, -0.2) is 0 Å². The Morgan fingerprint density at radius 2 is 1.76 bits per heavy atom. The minimum absolute atomic E-state index is 0.0936. The lowest BCUT2D eigenvalue weighted by Gasteiger charge is -2.39. The second-order valence-corrected chi connectivity index (χ2v) is 7.15. The smallest absolute Gasteiger partial charge is 0.0615 e. The number of aliphatic hydroxyl groups excluding tert-OH is 1. The van der Waals surface area contributed by atoms with Crippen molar-refractivity contribution in [3.63, 3.8) is 0 Å². The van der Waals surface area contributed by atoms with E-state index in [-0.39, 0.29) is 5.54 Å². The van der Waals surface area contributed by atoms with Gasteiger partial charge < -0.3 is 10.0 Å². The summed E-state index contributed by atoms with van der Waals surface area (Å²) in [7, 11) is 0. The summed E-state index contributed by atoms with van der Waals surface area (Å²) in [4.78, 5) is 7.74. The van der Waals surface area contributed by atoms with E-state index in [1.54, 1.807) is 0 Å². The van der Waals surface area contributed by atoms with Crippen molar-refractivity contribution in [1.82, 2.24) is 14.7 Å².